The Labute approximate surface area is 219 Å². The van der Waals surface area contributed by atoms with Crippen LogP contribution in [0, 0.1) is 5.41 Å². The van der Waals surface area contributed by atoms with E-state index in [2.05, 4.69) is 20.6 Å². The molecule has 2 heterocycles. The average molecular weight is 514 g/mol. The molecule has 0 spiro atoms. The lowest BCUT2D eigenvalue weighted by Crippen LogP contribution is -2.50. The maximum atomic E-state index is 13.8. The molecule has 194 valence electrons. The summed E-state index contributed by atoms with van der Waals surface area (Å²) in [5, 5.41) is 14.3. The number of hydrogen-bond donors (Lipinski definition) is 3. The van der Waals surface area contributed by atoms with Crippen molar-refractivity contribution in [1.29, 1.82) is 0 Å². The number of aliphatic imine (C=N–C) groups is 1. The summed E-state index contributed by atoms with van der Waals surface area (Å²) < 4.78 is 0. The van der Waals surface area contributed by atoms with Gasteiger partial charge >= 0.3 is 12.0 Å². The molecule has 10 heteroatoms. The summed E-state index contributed by atoms with van der Waals surface area (Å²) >= 11 is 0. The number of carbonyl (C=O) groups is 4. The lowest BCUT2D eigenvalue weighted by molar-refractivity contribution is -0.127. The summed E-state index contributed by atoms with van der Waals surface area (Å²) in [7, 11) is 0. The molecule has 0 bridgehead atoms. The zero-order chi connectivity index (χ0) is 27.4. The first-order chi connectivity index (χ1) is 18.0. The maximum Gasteiger partial charge on any atom is 0.335 e. The molecule has 0 radical (unpaired) electrons. The molecule has 1 unspecified atom stereocenters. The monoisotopic (exact) mass is 513 g/mol. The van der Waals surface area contributed by atoms with E-state index in [0.717, 1.165) is 0 Å². The fourth-order valence-corrected chi connectivity index (χ4v) is 3.80. The smallest absolute Gasteiger partial charge is 0.335 e. The highest BCUT2D eigenvalue weighted by Crippen LogP contribution is 2.29. The van der Waals surface area contributed by atoms with E-state index >= 15 is 0 Å². The van der Waals surface area contributed by atoms with Gasteiger partial charge in [0.05, 0.1) is 29.2 Å². The number of para-hydroxylation sites is 1. The number of nitrogens with zero attached hydrogens (tertiary/aromatic N) is 3. The minimum absolute atomic E-state index is 0.00822. The van der Waals surface area contributed by atoms with Gasteiger partial charge in [-0.3, -0.25) is 14.6 Å². The van der Waals surface area contributed by atoms with Gasteiger partial charge in [0, 0.05) is 22.9 Å². The first-order valence-corrected chi connectivity index (χ1v) is 11.9. The Morgan fingerprint density at radius 3 is 2.42 bits per heavy atom. The van der Waals surface area contributed by atoms with Crippen molar-refractivity contribution in [2.45, 2.75) is 26.9 Å². The number of anilines is 2. The molecule has 3 aromatic rings. The number of hydrogen-bond acceptors (Lipinski definition) is 6. The minimum Gasteiger partial charge on any atom is -0.478 e. The summed E-state index contributed by atoms with van der Waals surface area (Å²) in [6, 6.07) is 17.3. The summed E-state index contributed by atoms with van der Waals surface area (Å²) in [4.78, 5) is 61.4. The number of carboxylic acid groups (broad SMARTS) is 1. The molecule has 2 aromatic carbocycles. The number of rotatable bonds is 6. The number of Topliss-reactive ketones (excluding diaryl/α,β-unsaturated/α-hetero) is 1. The van der Waals surface area contributed by atoms with Crippen molar-refractivity contribution in [3.63, 3.8) is 0 Å². The Kier molecular flexibility index (Phi) is 7.33. The van der Waals surface area contributed by atoms with E-state index in [1.54, 1.807) is 69.4 Å². The van der Waals surface area contributed by atoms with Gasteiger partial charge in [-0.05, 0) is 36.4 Å². The van der Waals surface area contributed by atoms with Gasteiger partial charge in [-0.2, -0.15) is 0 Å². The largest absolute Gasteiger partial charge is 0.478 e. The molecular formula is C28H27N5O5. The molecule has 3 N–H and O–H groups in total. The van der Waals surface area contributed by atoms with Gasteiger partial charge in [-0.15, -0.1) is 0 Å². The van der Waals surface area contributed by atoms with Crippen LogP contribution < -0.4 is 15.5 Å². The van der Waals surface area contributed by atoms with E-state index in [0.29, 0.717) is 22.7 Å². The fourth-order valence-electron chi connectivity index (χ4n) is 3.80. The number of fused-ring (bicyclic) bond motifs is 1. The molecule has 1 aliphatic rings. The molecule has 1 aromatic heterocycles. The first kappa shape index (κ1) is 26.2. The van der Waals surface area contributed by atoms with Crippen LogP contribution in [-0.4, -0.2) is 52.2 Å². The Morgan fingerprint density at radius 2 is 1.74 bits per heavy atom. The van der Waals surface area contributed by atoms with E-state index in [1.807, 2.05) is 0 Å². The standard InChI is InChI=1S/C28H27N5O5/c1-28(2,3)22(34)16-33-21-13-5-4-11-19(21)23(20-12-6-7-14-29-20)31-24(25(33)35)32-27(38)30-18-10-8-9-17(15-18)26(36)37/h4-15,24H,16H2,1-3H3,(H,36,37)(H2,30,32,38). The third kappa shape index (κ3) is 5.75. The molecule has 1 atom stereocenters. The third-order valence-electron chi connectivity index (χ3n) is 5.89. The Bertz CT molecular complexity index is 1430. The van der Waals surface area contributed by atoms with Crippen molar-refractivity contribution in [2.75, 3.05) is 16.8 Å². The average Bonchev–Trinajstić information content (AvgIpc) is 2.99. The van der Waals surface area contributed by atoms with E-state index in [4.69, 9.17) is 0 Å². The highest BCUT2D eigenvalue weighted by atomic mass is 16.4. The van der Waals surface area contributed by atoms with Crippen LogP contribution in [0.1, 0.15) is 42.4 Å². The molecule has 0 fully saturated rings. The lowest BCUT2D eigenvalue weighted by Gasteiger charge is -2.28. The van der Waals surface area contributed by atoms with Gasteiger partial charge in [-0.1, -0.05) is 51.1 Å². The third-order valence-corrected chi connectivity index (χ3v) is 5.89. The number of benzodiazepines with no additional fused rings is 1. The van der Waals surface area contributed by atoms with E-state index in [9.17, 15) is 24.3 Å². The number of urea groups is 1. The van der Waals surface area contributed by atoms with Crippen LogP contribution in [0.3, 0.4) is 0 Å². The number of ketones is 1. The summed E-state index contributed by atoms with van der Waals surface area (Å²) in [6.45, 7) is 5.10. The van der Waals surface area contributed by atoms with Crippen molar-refractivity contribution in [2.24, 2.45) is 10.4 Å². The second-order valence-electron chi connectivity index (χ2n) is 9.69. The fraction of sp³-hybridized carbons (Fsp3) is 0.214. The number of aromatic carboxylic acids is 1. The summed E-state index contributed by atoms with van der Waals surface area (Å²) in [5.74, 6) is -1.92. The first-order valence-electron chi connectivity index (χ1n) is 11.9. The van der Waals surface area contributed by atoms with Crippen LogP contribution in [0.15, 0.2) is 77.9 Å². The molecule has 0 aliphatic carbocycles. The second kappa shape index (κ2) is 10.6. The molecule has 10 nitrogen and oxygen atoms in total. The Hall–Kier alpha value is -4.86. The number of benzene rings is 2. The predicted molar refractivity (Wildman–Crippen MR) is 142 cm³/mol. The van der Waals surface area contributed by atoms with Gasteiger partial charge in [0.15, 0.2) is 5.78 Å². The number of carbonyl (C=O) groups excluding carboxylic acids is 3. The Morgan fingerprint density at radius 1 is 1.00 bits per heavy atom. The van der Waals surface area contributed by atoms with Gasteiger partial charge in [0.1, 0.15) is 0 Å². The second-order valence-corrected chi connectivity index (χ2v) is 9.69. The highest BCUT2D eigenvalue weighted by molar-refractivity contribution is 6.20. The number of pyridine rings is 1. The molecule has 1 aliphatic heterocycles. The van der Waals surface area contributed by atoms with Crippen molar-refractivity contribution in [1.82, 2.24) is 10.3 Å². The van der Waals surface area contributed by atoms with E-state index in [1.165, 1.54) is 29.2 Å². The van der Waals surface area contributed by atoms with Crippen LogP contribution in [0.2, 0.25) is 0 Å². The van der Waals surface area contributed by atoms with Crippen LogP contribution in [0.4, 0.5) is 16.2 Å². The number of carboxylic acids is 1. The number of aromatic nitrogens is 1. The van der Waals surface area contributed by atoms with Crippen molar-refractivity contribution in [3.8, 4) is 0 Å². The van der Waals surface area contributed by atoms with Crippen LogP contribution in [-0.2, 0) is 9.59 Å². The molecule has 0 saturated carbocycles. The van der Waals surface area contributed by atoms with Crippen LogP contribution in [0.25, 0.3) is 0 Å². The van der Waals surface area contributed by atoms with Crippen LogP contribution >= 0.6 is 0 Å². The predicted octanol–water partition coefficient (Wildman–Crippen LogP) is 3.73. The van der Waals surface area contributed by atoms with E-state index in [-0.39, 0.29) is 23.6 Å². The van der Waals surface area contributed by atoms with E-state index < -0.39 is 29.5 Å². The minimum atomic E-state index is -1.39. The molecule has 38 heavy (non-hydrogen) atoms. The SMILES string of the molecule is CC(C)(C)C(=O)CN1C(=O)C(NC(=O)Nc2cccc(C(=O)O)c2)N=C(c2ccccn2)c2ccccc21. The zero-order valence-corrected chi connectivity index (χ0v) is 21.1. The zero-order valence-electron chi connectivity index (χ0n) is 21.1. The van der Waals surface area contributed by atoms with Crippen molar-refractivity contribution >= 4 is 40.8 Å². The lowest BCUT2D eigenvalue weighted by atomic mass is 9.90. The normalized spacial score (nSPS) is 15.1. The molecule has 4 rings (SSSR count). The summed E-state index contributed by atoms with van der Waals surface area (Å²) in [6.07, 6.45) is 0.202. The Balaban J connectivity index is 1.74. The molecule has 3 amide bonds. The van der Waals surface area contributed by atoms with Gasteiger partial charge in [0.2, 0.25) is 6.17 Å². The number of nitrogens with one attached hydrogen (secondary N) is 2. The van der Waals surface area contributed by atoms with Crippen molar-refractivity contribution in [3.05, 3.63) is 89.7 Å². The number of amides is 3. The summed E-state index contributed by atoms with van der Waals surface area (Å²) in [5.41, 5.74) is 1.42. The van der Waals surface area contributed by atoms with Crippen LogP contribution in [0.5, 0.6) is 0 Å². The molecule has 0 saturated heterocycles. The van der Waals surface area contributed by atoms with Gasteiger partial charge in [-0.25, -0.2) is 14.6 Å². The van der Waals surface area contributed by atoms with Gasteiger partial charge < -0.3 is 20.6 Å². The highest BCUT2D eigenvalue weighted by Gasteiger charge is 2.36. The molecular weight excluding hydrogens is 486 g/mol. The topological polar surface area (TPSA) is 141 Å². The quantitative estimate of drug-likeness (QED) is 0.459. The maximum absolute atomic E-state index is 13.8. The van der Waals surface area contributed by atoms with Crippen molar-refractivity contribution < 1.29 is 24.3 Å². The van der Waals surface area contributed by atoms with Gasteiger partial charge in [0.25, 0.3) is 5.91 Å².